The molecule has 4 bridgehead atoms. The van der Waals surface area contributed by atoms with Gasteiger partial charge in [-0.3, -0.25) is 9.11 Å². The molecule has 7 nitrogen and oxygen atoms in total. The van der Waals surface area contributed by atoms with E-state index in [4.69, 9.17) is 32.0 Å². The van der Waals surface area contributed by atoms with Crippen LogP contribution in [0.2, 0.25) is 0 Å². The minimum atomic E-state index is -4.67. The van der Waals surface area contributed by atoms with E-state index in [1.54, 1.807) is 0 Å². The Labute approximate surface area is 171 Å². The molecule has 1 heterocycles. The maximum atomic E-state index is 8.74. The van der Waals surface area contributed by atoms with Gasteiger partial charge in [0, 0.05) is 11.8 Å². The minimum absolute atomic E-state index is 0. The van der Waals surface area contributed by atoms with E-state index < -0.39 is 16.2 Å². The molecular formula is C16H25NaO7S. The molecule has 6 aliphatic rings. The SMILES string of the molecule is O=S(=O)(O)O.[CH-]1CCC2(CC1)OOC1(O2)C2CC3CC(C2)CC1C3.[Na+]. The Bertz CT molecular complexity index is 551. The van der Waals surface area contributed by atoms with Gasteiger partial charge in [-0.15, -0.1) is 0 Å². The second kappa shape index (κ2) is 7.29. The van der Waals surface area contributed by atoms with Gasteiger partial charge >= 0.3 is 40.0 Å². The molecule has 5 aliphatic carbocycles. The Morgan fingerprint density at radius 1 is 0.880 bits per heavy atom. The zero-order valence-corrected chi connectivity index (χ0v) is 17.4. The zero-order chi connectivity index (χ0) is 17.0. The molecule has 6 fully saturated rings. The van der Waals surface area contributed by atoms with Gasteiger partial charge in [0.05, 0.1) is 0 Å². The summed E-state index contributed by atoms with van der Waals surface area (Å²) in [5.41, 5.74) is 0. The van der Waals surface area contributed by atoms with Gasteiger partial charge in [0.25, 0.3) is 0 Å². The summed E-state index contributed by atoms with van der Waals surface area (Å²) in [5.74, 6) is 2.28. The fourth-order valence-corrected chi connectivity index (χ4v) is 5.71. The maximum Gasteiger partial charge on any atom is 1.00 e. The van der Waals surface area contributed by atoms with Crippen molar-refractivity contribution in [2.24, 2.45) is 23.7 Å². The topological polar surface area (TPSA) is 102 Å². The number of hydrogen-bond acceptors (Lipinski definition) is 5. The first-order valence-corrected chi connectivity index (χ1v) is 10.3. The third-order valence-corrected chi connectivity index (χ3v) is 6.40. The van der Waals surface area contributed by atoms with E-state index in [9.17, 15) is 0 Å². The van der Waals surface area contributed by atoms with E-state index >= 15 is 0 Å². The third-order valence-electron chi connectivity index (χ3n) is 6.40. The number of hydrogen-bond donors (Lipinski definition) is 2. The van der Waals surface area contributed by atoms with Crippen LogP contribution in [0, 0.1) is 30.1 Å². The quantitative estimate of drug-likeness (QED) is 0.261. The van der Waals surface area contributed by atoms with Crippen LogP contribution in [0.5, 0.6) is 0 Å². The predicted octanol–water partition coefficient (Wildman–Crippen LogP) is -0.0570. The molecule has 0 amide bonds. The van der Waals surface area contributed by atoms with Crippen molar-refractivity contribution in [1.29, 1.82) is 0 Å². The van der Waals surface area contributed by atoms with E-state index in [0.717, 1.165) is 37.5 Å². The van der Waals surface area contributed by atoms with Crippen LogP contribution in [0.1, 0.15) is 57.8 Å². The molecule has 138 valence electrons. The summed E-state index contributed by atoms with van der Waals surface area (Å²) in [7, 11) is -4.67. The molecule has 5 saturated carbocycles. The average Bonchev–Trinajstić information content (AvgIpc) is 2.84. The molecule has 0 aromatic rings. The molecule has 1 saturated heterocycles. The molecule has 0 unspecified atom stereocenters. The third kappa shape index (κ3) is 4.12. The van der Waals surface area contributed by atoms with Crippen molar-refractivity contribution in [1.82, 2.24) is 0 Å². The fourth-order valence-electron chi connectivity index (χ4n) is 5.71. The van der Waals surface area contributed by atoms with E-state index in [2.05, 4.69) is 6.42 Å². The second-order valence-corrected chi connectivity index (χ2v) is 8.91. The molecule has 0 aromatic heterocycles. The van der Waals surface area contributed by atoms with Gasteiger partial charge in [0.1, 0.15) is 0 Å². The Balaban J connectivity index is 0.000000272. The molecule has 0 aromatic carbocycles. The Morgan fingerprint density at radius 3 is 1.84 bits per heavy atom. The van der Waals surface area contributed by atoms with E-state index in [0.29, 0.717) is 11.8 Å². The smallest absolute Gasteiger partial charge is 0.328 e. The molecule has 9 heteroatoms. The summed E-state index contributed by atoms with van der Waals surface area (Å²) in [4.78, 5) is 11.8. The predicted molar refractivity (Wildman–Crippen MR) is 82.7 cm³/mol. The first-order chi connectivity index (χ1) is 11.3. The van der Waals surface area contributed by atoms with Crippen LogP contribution in [-0.2, 0) is 24.9 Å². The van der Waals surface area contributed by atoms with Crippen molar-refractivity contribution in [3.05, 3.63) is 6.42 Å². The van der Waals surface area contributed by atoms with E-state index in [-0.39, 0.29) is 35.3 Å². The summed E-state index contributed by atoms with van der Waals surface area (Å²) in [6.45, 7) is 0. The second-order valence-electron chi connectivity index (χ2n) is 8.02. The van der Waals surface area contributed by atoms with Crippen molar-refractivity contribution in [3.8, 4) is 0 Å². The molecule has 1 aliphatic heterocycles. The molecular weight excluding hydrogens is 359 g/mol. The molecule has 2 spiro atoms. The molecule has 0 atom stereocenters. The summed E-state index contributed by atoms with van der Waals surface area (Å²) in [6.07, 6.45) is 13.2. The number of ether oxygens (including phenoxy) is 1. The zero-order valence-electron chi connectivity index (χ0n) is 14.6. The Morgan fingerprint density at radius 2 is 1.36 bits per heavy atom. The van der Waals surface area contributed by atoms with Gasteiger partial charge in [-0.1, -0.05) is 0 Å². The minimum Gasteiger partial charge on any atom is -0.328 e. The normalized spacial score (nSPS) is 43.6. The first-order valence-electron chi connectivity index (χ1n) is 8.87. The summed E-state index contributed by atoms with van der Waals surface area (Å²) >= 11 is 0. The van der Waals surface area contributed by atoms with Gasteiger partial charge in [0.2, 0.25) is 5.79 Å². The van der Waals surface area contributed by atoms with Gasteiger partial charge in [0.15, 0.2) is 5.79 Å². The standard InChI is InChI=1S/C16H23O3.Na.H2O4S/c1-2-4-15(5-3-1)17-16(19-18-15)13-7-11-6-12(9-13)10-14(16)8-11;;1-5(2,3)4/h1,11-14H,2-10H2;;(H2,1,2,3,4)/q-1;+1;. The Kier molecular flexibility index (Phi) is 5.98. The van der Waals surface area contributed by atoms with Crippen LogP contribution >= 0.6 is 0 Å². The molecule has 2 N–H and O–H groups in total. The largest absolute Gasteiger partial charge is 1.00 e. The molecule has 25 heavy (non-hydrogen) atoms. The molecule has 6 rings (SSSR count). The van der Waals surface area contributed by atoms with Crippen LogP contribution in [0.25, 0.3) is 0 Å². The summed E-state index contributed by atoms with van der Waals surface area (Å²) in [5, 5.41) is 0. The summed E-state index contributed by atoms with van der Waals surface area (Å²) < 4.78 is 38.2. The van der Waals surface area contributed by atoms with Crippen LogP contribution in [-0.4, -0.2) is 29.1 Å². The number of rotatable bonds is 0. The molecule has 0 radical (unpaired) electrons. The average molecular weight is 384 g/mol. The van der Waals surface area contributed by atoms with Gasteiger partial charge < -0.3 is 11.2 Å². The van der Waals surface area contributed by atoms with Gasteiger partial charge in [-0.25, -0.2) is 0 Å². The van der Waals surface area contributed by atoms with Crippen LogP contribution in [0.15, 0.2) is 0 Å². The first kappa shape index (κ1) is 20.5. The Hall–Kier alpha value is 0.750. The van der Waals surface area contributed by atoms with E-state index in [1.165, 1.54) is 32.1 Å². The van der Waals surface area contributed by atoms with Crippen LogP contribution in [0.4, 0.5) is 0 Å². The van der Waals surface area contributed by atoms with E-state index in [1.807, 2.05) is 0 Å². The van der Waals surface area contributed by atoms with Crippen molar-refractivity contribution in [2.75, 3.05) is 0 Å². The van der Waals surface area contributed by atoms with Crippen molar-refractivity contribution >= 4 is 10.4 Å². The van der Waals surface area contributed by atoms with Crippen molar-refractivity contribution in [2.45, 2.75) is 69.4 Å². The van der Waals surface area contributed by atoms with Gasteiger partial charge in [-0.2, -0.15) is 31.0 Å². The summed E-state index contributed by atoms with van der Waals surface area (Å²) in [6, 6.07) is 0. The maximum absolute atomic E-state index is 8.74. The van der Waals surface area contributed by atoms with Crippen LogP contribution in [0.3, 0.4) is 0 Å². The monoisotopic (exact) mass is 384 g/mol. The van der Waals surface area contributed by atoms with Crippen molar-refractivity contribution in [3.63, 3.8) is 0 Å². The van der Waals surface area contributed by atoms with Crippen LogP contribution < -0.4 is 29.6 Å². The van der Waals surface area contributed by atoms with Crippen molar-refractivity contribution < 1.29 is 61.6 Å². The van der Waals surface area contributed by atoms with Gasteiger partial charge in [-0.05, 0) is 56.8 Å². The fraction of sp³-hybridized carbons (Fsp3) is 0.938.